The highest BCUT2D eigenvalue weighted by molar-refractivity contribution is 7.91. The van der Waals surface area contributed by atoms with E-state index in [1.807, 2.05) is 30.3 Å². The molecule has 0 spiro atoms. The summed E-state index contributed by atoms with van der Waals surface area (Å²) in [4.78, 5) is 12.0. The fourth-order valence-corrected chi connectivity index (χ4v) is 2.51. The van der Waals surface area contributed by atoms with Gasteiger partial charge < -0.3 is 4.74 Å². The van der Waals surface area contributed by atoms with Crippen LogP contribution in [0.5, 0.6) is 5.75 Å². The van der Waals surface area contributed by atoms with E-state index in [1.165, 1.54) is 0 Å². The third-order valence-corrected chi connectivity index (χ3v) is 3.60. The van der Waals surface area contributed by atoms with Crippen molar-refractivity contribution in [1.29, 1.82) is 0 Å². The Labute approximate surface area is 124 Å². The molecule has 0 fully saturated rings. The highest BCUT2D eigenvalue weighted by Gasteiger charge is 2.17. The van der Waals surface area contributed by atoms with Crippen molar-refractivity contribution in [3.63, 3.8) is 0 Å². The van der Waals surface area contributed by atoms with Gasteiger partial charge in [-0.05, 0) is 17.7 Å². The second kappa shape index (κ2) is 6.54. The van der Waals surface area contributed by atoms with Gasteiger partial charge in [0.25, 0.3) is 0 Å². The highest BCUT2D eigenvalue weighted by Crippen LogP contribution is 2.20. The van der Waals surface area contributed by atoms with E-state index >= 15 is 0 Å². The van der Waals surface area contributed by atoms with Crippen LogP contribution in [-0.2, 0) is 16.4 Å². The van der Waals surface area contributed by atoms with Crippen LogP contribution in [0.3, 0.4) is 0 Å². The zero-order valence-corrected chi connectivity index (χ0v) is 12.5. The molecule has 0 atom stereocenters. The lowest BCUT2D eigenvalue weighted by atomic mass is 10.1. The monoisotopic (exact) mass is 304 g/mol. The van der Waals surface area contributed by atoms with Gasteiger partial charge in [-0.3, -0.25) is 4.79 Å². The standard InChI is InChI=1S/C16H16O4S/c1-21(18,19)12-15(17)14-9-5-6-10-16(14)20-11-13-7-3-2-4-8-13/h2-10H,11-12H2,1H3. The lowest BCUT2D eigenvalue weighted by Crippen LogP contribution is -2.15. The molecule has 21 heavy (non-hydrogen) atoms. The summed E-state index contributed by atoms with van der Waals surface area (Å²) in [5.74, 6) is -0.574. The zero-order valence-electron chi connectivity index (χ0n) is 11.7. The molecule has 0 aliphatic rings. The number of benzene rings is 2. The summed E-state index contributed by atoms with van der Waals surface area (Å²) >= 11 is 0. The SMILES string of the molecule is CS(=O)(=O)CC(=O)c1ccccc1OCc1ccccc1. The Bertz CT molecular complexity index is 721. The third kappa shape index (κ3) is 4.72. The number of ketones is 1. The van der Waals surface area contributed by atoms with Crippen molar-refractivity contribution in [3.05, 3.63) is 65.7 Å². The fourth-order valence-electron chi connectivity index (χ4n) is 1.87. The average Bonchev–Trinajstić information content (AvgIpc) is 2.45. The van der Waals surface area contributed by atoms with Gasteiger partial charge in [-0.1, -0.05) is 42.5 Å². The number of hydrogen-bond donors (Lipinski definition) is 0. The molecule has 0 saturated heterocycles. The summed E-state index contributed by atoms with van der Waals surface area (Å²) < 4.78 is 28.1. The minimum atomic E-state index is -3.36. The zero-order chi connectivity index (χ0) is 15.3. The molecular weight excluding hydrogens is 288 g/mol. The van der Waals surface area contributed by atoms with Crippen molar-refractivity contribution < 1.29 is 17.9 Å². The topological polar surface area (TPSA) is 60.4 Å². The Morgan fingerprint density at radius 2 is 1.62 bits per heavy atom. The third-order valence-electron chi connectivity index (χ3n) is 2.82. The van der Waals surface area contributed by atoms with Crippen LogP contribution in [0.25, 0.3) is 0 Å². The molecule has 2 aromatic carbocycles. The molecule has 2 rings (SSSR count). The molecular formula is C16H16O4S. The van der Waals surface area contributed by atoms with E-state index in [1.54, 1.807) is 24.3 Å². The van der Waals surface area contributed by atoms with Gasteiger partial charge in [-0.25, -0.2) is 8.42 Å². The van der Waals surface area contributed by atoms with E-state index < -0.39 is 21.4 Å². The van der Waals surface area contributed by atoms with E-state index in [9.17, 15) is 13.2 Å². The van der Waals surface area contributed by atoms with E-state index in [0.717, 1.165) is 11.8 Å². The Kier molecular flexibility index (Phi) is 4.75. The summed E-state index contributed by atoms with van der Waals surface area (Å²) in [6, 6.07) is 16.2. The Balaban J connectivity index is 2.15. The van der Waals surface area contributed by atoms with Crippen molar-refractivity contribution >= 4 is 15.6 Å². The molecule has 0 bridgehead atoms. The number of ether oxygens (including phenoxy) is 1. The molecule has 0 unspecified atom stereocenters. The molecule has 0 amide bonds. The fraction of sp³-hybridized carbons (Fsp3) is 0.188. The molecule has 4 nitrogen and oxygen atoms in total. The lowest BCUT2D eigenvalue weighted by Gasteiger charge is -2.10. The van der Waals surface area contributed by atoms with Gasteiger partial charge in [0.1, 0.15) is 18.1 Å². The van der Waals surface area contributed by atoms with Gasteiger partial charge in [0.2, 0.25) is 0 Å². The Hall–Kier alpha value is -2.14. The second-order valence-electron chi connectivity index (χ2n) is 4.76. The molecule has 0 radical (unpaired) electrons. The predicted molar refractivity (Wildman–Crippen MR) is 81.3 cm³/mol. The molecule has 0 aliphatic heterocycles. The maximum Gasteiger partial charge on any atom is 0.181 e. The molecule has 0 heterocycles. The first kappa shape index (κ1) is 15.3. The number of para-hydroxylation sites is 1. The first-order valence-electron chi connectivity index (χ1n) is 6.42. The van der Waals surface area contributed by atoms with Gasteiger partial charge in [0, 0.05) is 6.26 Å². The number of hydrogen-bond acceptors (Lipinski definition) is 4. The summed E-state index contributed by atoms with van der Waals surface area (Å²) in [6.45, 7) is 0.323. The molecule has 5 heteroatoms. The summed E-state index contributed by atoms with van der Waals surface area (Å²) in [5, 5.41) is 0. The summed E-state index contributed by atoms with van der Waals surface area (Å²) in [7, 11) is -3.36. The number of sulfone groups is 1. The van der Waals surface area contributed by atoms with Crippen molar-refractivity contribution in [2.75, 3.05) is 12.0 Å². The quantitative estimate of drug-likeness (QED) is 0.769. The van der Waals surface area contributed by atoms with E-state index in [0.29, 0.717) is 17.9 Å². The molecule has 2 aromatic rings. The van der Waals surface area contributed by atoms with Crippen LogP contribution in [0.2, 0.25) is 0 Å². The molecule has 0 saturated carbocycles. The van der Waals surface area contributed by atoms with Crippen molar-refractivity contribution in [1.82, 2.24) is 0 Å². The van der Waals surface area contributed by atoms with Crippen LogP contribution < -0.4 is 4.74 Å². The van der Waals surface area contributed by atoms with E-state index in [2.05, 4.69) is 0 Å². The molecule has 0 aliphatic carbocycles. The Morgan fingerprint density at radius 1 is 1.00 bits per heavy atom. The largest absolute Gasteiger partial charge is 0.488 e. The van der Waals surface area contributed by atoms with Crippen LogP contribution in [0.4, 0.5) is 0 Å². The van der Waals surface area contributed by atoms with Crippen LogP contribution in [0.15, 0.2) is 54.6 Å². The van der Waals surface area contributed by atoms with Gasteiger partial charge in [-0.2, -0.15) is 0 Å². The average molecular weight is 304 g/mol. The molecule has 0 N–H and O–H groups in total. The smallest absolute Gasteiger partial charge is 0.181 e. The van der Waals surface area contributed by atoms with Crippen molar-refractivity contribution in [2.45, 2.75) is 6.61 Å². The lowest BCUT2D eigenvalue weighted by molar-refractivity contribution is 0.101. The van der Waals surface area contributed by atoms with Crippen LogP contribution >= 0.6 is 0 Å². The number of carbonyl (C=O) groups is 1. The molecule has 110 valence electrons. The minimum Gasteiger partial charge on any atom is -0.488 e. The first-order valence-corrected chi connectivity index (χ1v) is 8.48. The maximum absolute atomic E-state index is 12.0. The van der Waals surface area contributed by atoms with Crippen LogP contribution in [0.1, 0.15) is 15.9 Å². The van der Waals surface area contributed by atoms with Gasteiger partial charge >= 0.3 is 0 Å². The van der Waals surface area contributed by atoms with Gasteiger partial charge in [0.05, 0.1) is 5.56 Å². The van der Waals surface area contributed by atoms with Crippen molar-refractivity contribution in [3.8, 4) is 5.75 Å². The Morgan fingerprint density at radius 3 is 2.29 bits per heavy atom. The number of Topliss-reactive ketones (excluding diaryl/α,β-unsaturated/α-hetero) is 1. The predicted octanol–water partition coefficient (Wildman–Crippen LogP) is 2.49. The van der Waals surface area contributed by atoms with Crippen molar-refractivity contribution in [2.24, 2.45) is 0 Å². The van der Waals surface area contributed by atoms with E-state index in [4.69, 9.17) is 4.74 Å². The van der Waals surface area contributed by atoms with Crippen LogP contribution in [0, 0.1) is 0 Å². The normalized spacial score (nSPS) is 11.1. The second-order valence-corrected chi connectivity index (χ2v) is 6.90. The first-order chi connectivity index (χ1) is 9.96. The van der Waals surface area contributed by atoms with E-state index in [-0.39, 0.29) is 0 Å². The van der Waals surface area contributed by atoms with Gasteiger partial charge in [0.15, 0.2) is 15.6 Å². The van der Waals surface area contributed by atoms with Crippen LogP contribution in [-0.4, -0.2) is 26.2 Å². The van der Waals surface area contributed by atoms with Gasteiger partial charge in [-0.15, -0.1) is 0 Å². The summed E-state index contributed by atoms with van der Waals surface area (Å²) in [5.41, 5.74) is 1.27. The highest BCUT2D eigenvalue weighted by atomic mass is 32.2. The maximum atomic E-state index is 12.0. The molecule has 0 aromatic heterocycles. The number of carbonyl (C=O) groups excluding carboxylic acids is 1. The summed E-state index contributed by atoms with van der Waals surface area (Å²) in [6.07, 6.45) is 1.04. The number of rotatable bonds is 6. The minimum absolute atomic E-state index is 0.291.